The minimum Gasteiger partial charge on any atom is -0.269 e. The van der Waals surface area contributed by atoms with Gasteiger partial charge in [0.15, 0.2) is 0 Å². The van der Waals surface area contributed by atoms with E-state index in [2.05, 4.69) is 21.4 Å². The van der Waals surface area contributed by atoms with Crippen molar-refractivity contribution in [3.8, 4) is 11.1 Å². The molecule has 0 saturated carbocycles. The molecule has 0 aliphatic carbocycles. The van der Waals surface area contributed by atoms with Gasteiger partial charge < -0.3 is 0 Å². The Morgan fingerprint density at radius 2 is 1.79 bits per heavy atom. The third-order valence-electron chi connectivity index (χ3n) is 3.97. The van der Waals surface area contributed by atoms with Crippen molar-refractivity contribution in [2.45, 2.75) is 6.54 Å². The van der Waals surface area contributed by atoms with E-state index in [0.717, 1.165) is 27.7 Å². The third kappa shape index (κ3) is 2.56. The van der Waals surface area contributed by atoms with E-state index < -0.39 is 0 Å². The molecular formula is C17H13Cl2N5. The number of fused-ring (bicyclic) bond motifs is 1. The van der Waals surface area contributed by atoms with Crippen molar-refractivity contribution in [3.05, 3.63) is 64.5 Å². The molecule has 7 heteroatoms. The number of rotatable bonds is 3. The molecule has 0 amide bonds. The zero-order chi connectivity index (χ0) is 16.7. The van der Waals surface area contributed by atoms with Gasteiger partial charge in [0.1, 0.15) is 12.1 Å². The van der Waals surface area contributed by atoms with Crippen LogP contribution < -0.4 is 0 Å². The average molecular weight is 358 g/mol. The molecule has 0 radical (unpaired) electrons. The summed E-state index contributed by atoms with van der Waals surface area (Å²) in [5.74, 6) is 0. The summed E-state index contributed by atoms with van der Waals surface area (Å²) in [6.45, 7) is 0.553. The molecule has 5 nitrogen and oxygen atoms in total. The van der Waals surface area contributed by atoms with Crippen molar-refractivity contribution in [2.24, 2.45) is 7.05 Å². The normalized spacial score (nSPS) is 11.3. The molecule has 0 bridgehead atoms. The van der Waals surface area contributed by atoms with Crippen LogP contribution in [-0.2, 0) is 13.6 Å². The van der Waals surface area contributed by atoms with Gasteiger partial charge in [-0.05, 0) is 12.1 Å². The third-order valence-corrected chi connectivity index (χ3v) is 4.51. The number of benzene rings is 2. The second-order valence-electron chi connectivity index (χ2n) is 5.46. The molecule has 24 heavy (non-hydrogen) atoms. The van der Waals surface area contributed by atoms with Gasteiger partial charge in [0.25, 0.3) is 0 Å². The molecule has 2 aromatic carbocycles. The van der Waals surface area contributed by atoms with Crippen LogP contribution in [0.15, 0.2) is 48.8 Å². The van der Waals surface area contributed by atoms with Gasteiger partial charge in [-0.15, -0.1) is 0 Å². The summed E-state index contributed by atoms with van der Waals surface area (Å²) < 4.78 is 1.86. The van der Waals surface area contributed by atoms with Crippen LogP contribution in [0.5, 0.6) is 0 Å². The second-order valence-corrected chi connectivity index (χ2v) is 6.30. The van der Waals surface area contributed by atoms with E-state index in [4.69, 9.17) is 23.2 Å². The summed E-state index contributed by atoms with van der Waals surface area (Å²) in [5.41, 5.74) is 3.82. The zero-order valence-corrected chi connectivity index (χ0v) is 14.3. The second kappa shape index (κ2) is 5.92. The van der Waals surface area contributed by atoms with E-state index in [0.29, 0.717) is 16.6 Å². The highest BCUT2D eigenvalue weighted by Crippen LogP contribution is 2.35. The summed E-state index contributed by atoms with van der Waals surface area (Å²) in [7, 11) is 1.92. The number of hydrogen-bond donors (Lipinski definition) is 0. The van der Waals surface area contributed by atoms with E-state index in [9.17, 15) is 0 Å². The number of hydrogen-bond acceptors (Lipinski definition) is 3. The maximum atomic E-state index is 6.38. The largest absolute Gasteiger partial charge is 0.269 e. The van der Waals surface area contributed by atoms with Crippen molar-refractivity contribution in [2.75, 3.05) is 0 Å². The van der Waals surface area contributed by atoms with Gasteiger partial charge in [-0.1, -0.05) is 47.5 Å². The first-order chi connectivity index (χ1) is 11.6. The molecule has 2 heterocycles. The standard InChI is InChI=1S/C17H13Cl2N5/c1-23-16(10-24-20-7-8-21-24)14-4-2-3-13(17(14)22-23)12-6-5-11(18)9-15(12)19/h2-9H,10H2,1H3. The van der Waals surface area contributed by atoms with Crippen LogP contribution in [0.2, 0.25) is 10.0 Å². The van der Waals surface area contributed by atoms with Gasteiger partial charge >= 0.3 is 0 Å². The van der Waals surface area contributed by atoms with E-state index in [1.807, 2.05) is 36.0 Å². The maximum Gasteiger partial charge on any atom is 0.103 e. The van der Waals surface area contributed by atoms with Crippen LogP contribution in [0.4, 0.5) is 0 Å². The highest BCUT2D eigenvalue weighted by atomic mass is 35.5. The van der Waals surface area contributed by atoms with Crippen molar-refractivity contribution in [1.29, 1.82) is 0 Å². The fourth-order valence-electron chi connectivity index (χ4n) is 2.84. The lowest BCUT2D eigenvalue weighted by atomic mass is 10.0. The lowest BCUT2D eigenvalue weighted by Gasteiger charge is -2.06. The lowest BCUT2D eigenvalue weighted by Crippen LogP contribution is -2.08. The molecule has 0 N–H and O–H groups in total. The molecule has 0 spiro atoms. The zero-order valence-electron chi connectivity index (χ0n) is 12.8. The SMILES string of the molecule is Cn1nc2c(-c3ccc(Cl)cc3Cl)cccc2c1Cn1nccn1. The number of aryl methyl sites for hydroxylation is 1. The van der Waals surface area contributed by atoms with Crippen LogP contribution in [0, 0.1) is 0 Å². The highest BCUT2D eigenvalue weighted by molar-refractivity contribution is 6.36. The van der Waals surface area contributed by atoms with Gasteiger partial charge in [-0.3, -0.25) is 4.68 Å². The molecule has 0 unspecified atom stereocenters. The van der Waals surface area contributed by atoms with Gasteiger partial charge in [0, 0.05) is 33.6 Å². The summed E-state index contributed by atoms with van der Waals surface area (Å²) in [4.78, 5) is 1.64. The molecule has 0 aliphatic rings. The van der Waals surface area contributed by atoms with Gasteiger partial charge in [0.05, 0.1) is 18.1 Å². The fourth-order valence-corrected chi connectivity index (χ4v) is 3.35. The van der Waals surface area contributed by atoms with Crippen LogP contribution in [0.25, 0.3) is 22.0 Å². The molecule has 2 aromatic heterocycles. The summed E-state index contributed by atoms with van der Waals surface area (Å²) >= 11 is 12.4. The van der Waals surface area contributed by atoms with E-state index in [1.165, 1.54) is 0 Å². The van der Waals surface area contributed by atoms with Crippen molar-refractivity contribution in [3.63, 3.8) is 0 Å². The first-order valence-corrected chi connectivity index (χ1v) is 8.13. The Morgan fingerprint density at radius 3 is 2.54 bits per heavy atom. The Morgan fingerprint density at radius 1 is 1.00 bits per heavy atom. The predicted octanol–water partition coefficient (Wildman–Crippen LogP) is 4.19. The van der Waals surface area contributed by atoms with E-state index in [1.54, 1.807) is 23.3 Å². The Bertz CT molecular complexity index is 1020. The number of halogens is 2. The molecule has 0 atom stereocenters. The minimum atomic E-state index is 0.553. The lowest BCUT2D eigenvalue weighted by molar-refractivity contribution is 0.559. The molecule has 0 saturated heterocycles. The topological polar surface area (TPSA) is 48.5 Å². The molecule has 4 aromatic rings. The fraction of sp³-hybridized carbons (Fsp3) is 0.118. The van der Waals surface area contributed by atoms with Crippen LogP contribution in [0.1, 0.15) is 5.69 Å². The van der Waals surface area contributed by atoms with Crippen LogP contribution >= 0.6 is 23.2 Å². The maximum absolute atomic E-state index is 6.38. The van der Waals surface area contributed by atoms with Crippen molar-refractivity contribution in [1.82, 2.24) is 24.8 Å². The monoisotopic (exact) mass is 357 g/mol. The minimum absolute atomic E-state index is 0.553. The number of aromatic nitrogens is 5. The first kappa shape index (κ1) is 15.2. The number of nitrogens with zero attached hydrogens (tertiary/aromatic N) is 5. The molecule has 0 fully saturated rings. The van der Waals surface area contributed by atoms with Crippen LogP contribution in [0.3, 0.4) is 0 Å². The Labute approximate surface area is 148 Å². The van der Waals surface area contributed by atoms with Gasteiger partial charge in [-0.25, -0.2) is 0 Å². The summed E-state index contributed by atoms with van der Waals surface area (Å²) in [5, 5.41) is 15.3. The summed E-state index contributed by atoms with van der Waals surface area (Å²) in [6, 6.07) is 11.6. The highest BCUT2D eigenvalue weighted by Gasteiger charge is 2.15. The van der Waals surface area contributed by atoms with Crippen molar-refractivity contribution >= 4 is 34.1 Å². The van der Waals surface area contributed by atoms with E-state index in [-0.39, 0.29) is 0 Å². The van der Waals surface area contributed by atoms with Gasteiger partial charge in [-0.2, -0.15) is 20.1 Å². The molecule has 120 valence electrons. The molecule has 4 rings (SSSR count). The molecule has 0 aliphatic heterocycles. The molecular weight excluding hydrogens is 345 g/mol. The Hall–Kier alpha value is -2.37. The van der Waals surface area contributed by atoms with Gasteiger partial charge in [0.2, 0.25) is 0 Å². The smallest absolute Gasteiger partial charge is 0.103 e. The quantitative estimate of drug-likeness (QED) is 0.552. The van der Waals surface area contributed by atoms with Crippen molar-refractivity contribution < 1.29 is 0 Å². The summed E-state index contributed by atoms with van der Waals surface area (Å²) in [6.07, 6.45) is 3.33. The Balaban J connectivity index is 1.89. The Kier molecular flexibility index (Phi) is 3.75. The van der Waals surface area contributed by atoms with E-state index >= 15 is 0 Å². The predicted molar refractivity (Wildman–Crippen MR) is 95.3 cm³/mol. The first-order valence-electron chi connectivity index (χ1n) is 7.37. The van der Waals surface area contributed by atoms with Crippen LogP contribution in [-0.4, -0.2) is 24.8 Å². The average Bonchev–Trinajstić information content (AvgIpc) is 3.17.